The highest BCUT2D eigenvalue weighted by Crippen LogP contribution is 2.52. The number of anilines is 1. The minimum Gasteiger partial charge on any atom is -0.505 e. The van der Waals surface area contributed by atoms with Crippen molar-refractivity contribution in [3.8, 4) is 11.5 Å². The number of hydrogen-bond acceptors (Lipinski definition) is 14. The fourth-order valence-electron chi connectivity index (χ4n) is 6.98. The molecule has 4 rings (SSSR count). The van der Waals surface area contributed by atoms with Crippen molar-refractivity contribution in [1.82, 2.24) is 0 Å². The Morgan fingerprint density at radius 2 is 1.67 bits per heavy atom. The summed E-state index contributed by atoms with van der Waals surface area (Å²) in [6, 6.07) is 0. The number of phenolic OH excluding ortho intramolecular Hbond substituents is 1. The maximum absolute atomic E-state index is 13.8. The molecule has 8 atom stereocenters. The van der Waals surface area contributed by atoms with Crippen LogP contribution in [0.3, 0.4) is 0 Å². The highest BCUT2D eigenvalue weighted by atomic mass is 16.7. The van der Waals surface area contributed by atoms with Crippen molar-refractivity contribution < 1.29 is 68.1 Å². The summed E-state index contributed by atoms with van der Waals surface area (Å²) in [6.07, 6.45) is 1.10. The lowest BCUT2D eigenvalue weighted by Crippen LogP contribution is -2.57. The van der Waals surface area contributed by atoms with E-state index in [2.05, 4.69) is 5.32 Å². The van der Waals surface area contributed by atoms with Crippen molar-refractivity contribution in [1.29, 1.82) is 0 Å². The summed E-state index contributed by atoms with van der Waals surface area (Å²) in [5.74, 6) is -6.78. The van der Waals surface area contributed by atoms with E-state index in [9.17, 15) is 44.4 Å². The largest absolute Gasteiger partial charge is 0.505 e. The number of carbonyl (C=O) groups excluding carboxylic acids is 5. The molecule has 0 bridgehead atoms. The third kappa shape index (κ3) is 8.44. The van der Waals surface area contributed by atoms with Gasteiger partial charge in [0.25, 0.3) is 5.91 Å². The van der Waals surface area contributed by atoms with Crippen LogP contribution in [0.25, 0.3) is 5.57 Å². The molecule has 1 aromatic rings. The van der Waals surface area contributed by atoms with Crippen LogP contribution in [0.15, 0.2) is 52.5 Å². The molecule has 3 aliphatic rings. The van der Waals surface area contributed by atoms with Crippen molar-refractivity contribution in [2.45, 2.75) is 86.9 Å². The van der Waals surface area contributed by atoms with Crippen LogP contribution in [0.4, 0.5) is 5.69 Å². The van der Waals surface area contributed by atoms with Crippen LogP contribution < -0.4 is 10.1 Å². The van der Waals surface area contributed by atoms with E-state index in [1.807, 2.05) is 0 Å². The molecule has 15 nitrogen and oxygen atoms in total. The molecule has 298 valence electrons. The number of benzene rings is 1. The SMILES string of the molecule is COC(=O)[C@@H]1[C@H](O)[C@H](C)[C@H](O)O[C@@H]1[C@H](C)[C@H](O)[C@@H](C)/C=C\C=C(/C)C(=O)Nc1c(C)c(OC(C)=O)c2c(c1O)C(=O)C(C)=C1OCOC(/C(C)=C/C(C)=O)=C12. The van der Waals surface area contributed by atoms with Gasteiger partial charge in [0.15, 0.2) is 23.6 Å². The van der Waals surface area contributed by atoms with Crippen molar-refractivity contribution in [3.05, 3.63) is 69.2 Å². The van der Waals surface area contributed by atoms with Crippen LogP contribution in [0.1, 0.15) is 76.9 Å². The molecule has 0 aromatic heterocycles. The van der Waals surface area contributed by atoms with E-state index in [1.54, 1.807) is 26.8 Å². The summed E-state index contributed by atoms with van der Waals surface area (Å²) in [6.45, 7) is 13.2. The third-order valence-electron chi connectivity index (χ3n) is 10.1. The predicted molar refractivity (Wildman–Crippen MR) is 197 cm³/mol. The highest BCUT2D eigenvalue weighted by Gasteiger charge is 2.50. The van der Waals surface area contributed by atoms with E-state index in [0.717, 1.165) is 6.92 Å². The van der Waals surface area contributed by atoms with Gasteiger partial charge in [-0.05, 0) is 46.3 Å². The fourth-order valence-corrected chi connectivity index (χ4v) is 6.98. The molecule has 55 heavy (non-hydrogen) atoms. The average Bonchev–Trinajstić information content (AvgIpc) is 3.13. The van der Waals surface area contributed by atoms with Crippen LogP contribution in [-0.2, 0) is 38.1 Å². The Morgan fingerprint density at radius 1 is 1.02 bits per heavy atom. The number of allylic oxidation sites excluding steroid dienone is 6. The first-order valence-electron chi connectivity index (χ1n) is 17.7. The Hall–Kier alpha value is -5.09. The maximum atomic E-state index is 13.8. The molecule has 2 aliphatic heterocycles. The van der Waals surface area contributed by atoms with Crippen LogP contribution >= 0.6 is 0 Å². The Labute approximate surface area is 318 Å². The zero-order valence-corrected chi connectivity index (χ0v) is 32.5. The molecule has 15 heteroatoms. The van der Waals surface area contributed by atoms with Crippen LogP contribution in [0.2, 0.25) is 0 Å². The summed E-state index contributed by atoms with van der Waals surface area (Å²) in [4.78, 5) is 64.2. The van der Waals surface area contributed by atoms with Crippen LogP contribution in [-0.4, -0.2) is 88.3 Å². The first-order chi connectivity index (χ1) is 25.7. The van der Waals surface area contributed by atoms with Gasteiger partial charge in [0, 0.05) is 47.0 Å². The molecule has 1 saturated heterocycles. The topological polar surface area (TPSA) is 224 Å². The van der Waals surface area contributed by atoms with Gasteiger partial charge in [0.05, 0.1) is 42.2 Å². The maximum Gasteiger partial charge on any atom is 0.313 e. The molecule has 1 amide bonds. The molecule has 2 heterocycles. The van der Waals surface area contributed by atoms with Gasteiger partial charge in [0.1, 0.15) is 23.2 Å². The first kappa shape index (κ1) is 42.6. The number of aromatic hydroxyl groups is 1. The summed E-state index contributed by atoms with van der Waals surface area (Å²) in [7, 11) is 1.17. The third-order valence-corrected chi connectivity index (χ3v) is 10.1. The zero-order valence-electron chi connectivity index (χ0n) is 32.5. The number of Topliss-reactive ketones (excluding diaryl/α,β-unsaturated/α-hetero) is 1. The molecule has 0 saturated carbocycles. The lowest BCUT2D eigenvalue weighted by molar-refractivity contribution is -0.262. The molecule has 1 aliphatic carbocycles. The number of amides is 1. The standard InChI is InChI=1S/C40H49NO14/c1-16(30(44)21(6)37-28(40(50)51-10)32(46)23(8)39(49)55-37)12-11-13-17(2)38(48)41-29-20(5)36(54-24(9)43)25-26(33(29)47)31(45)22(7)35-27(25)34(52-15-53-35)18(3)14-19(4)42/h11-14,16,21,23,28,30,32,37,39,44,46-47,49H,15H2,1-10H3,(H,41,48)/b12-11-,17-13+,18-14+/t16-,21+,23-,28+,30+,32+,37+,39+/m0/s1. The number of rotatable bonds is 11. The highest BCUT2D eigenvalue weighted by molar-refractivity contribution is 6.21. The summed E-state index contributed by atoms with van der Waals surface area (Å²) in [5.41, 5.74) is 0.454. The van der Waals surface area contributed by atoms with Gasteiger partial charge in [-0.25, -0.2) is 0 Å². The predicted octanol–water partition coefficient (Wildman–Crippen LogP) is 3.92. The van der Waals surface area contributed by atoms with E-state index in [1.165, 1.54) is 60.0 Å². The second-order valence-electron chi connectivity index (χ2n) is 14.1. The van der Waals surface area contributed by atoms with Crippen LogP contribution in [0, 0.1) is 30.6 Å². The number of carbonyl (C=O) groups is 5. The smallest absolute Gasteiger partial charge is 0.313 e. The summed E-state index contributed by atoms with van der Waals surface area (Å²) in [5, 5.41) is 46.5. The Kier molecular flexibility index (Phi) is 13.3. The zero-order chi connectivity index (χ0) is 41.2. The molecule has 0 radical (unpaired) electrons. The minimum absolute atomic E-state index is 0.00756. The molecule has 1 fully saturated rings. The van der Waals surface area contributed by atoms with Gasteiger partial charge in [0.2, 0.25) is 6.79 Å². The van der Waals surface area contributed by atoms with E-state index >= 15 is 0 Å². The van der Waals surface area contributed by atoms with Crippen molar-refractivity contribution in [2.75, 3.05) is 19.2 Å². The second-order valence-corrected chi connectivity index (χ2v) is 14.1. The summed E-state index contributed by atoms with van der Waals surface area (Å²) < 4.78 is 27.6. The molecular formula is C40H49NO14. The van der Waals surface area contributed by atoms with E-state index < -0.39 is 77.7 Å². The minimum atomic E-state index is -1.37. The van der Waals surface area contributed by atoms with Crippen molar-refractivity contribution in [2.24, 2.45) is 23.7 Å². The van der Waals surface area contributed by atoms with Gasteiger partial charge >= 0.3 is 11.9 Å². The van der Waals surface area contributed by atoms with E-state index in [-0.39, 0.29) is 68.9 Å². The first-order valence-corrected chi connectivity index (χ1v) is 17.7. The Morgan fingerprint density at radius 3 is 2.27 bits per heavy atom. The number of aliphatic hydroxyl groups excluding tert-OH is 3. The lowest BCUT2D eigenvalue weighted by atomic mass is 9.76. The monoisotopic (exact) mass is 767 g/mol. The van der Waals surface area contributed by atoms with Crippen molar-refractivity contribution in [3.63, 3.8) is 0 Å². The van der Waals surface area contributed by atoms with Gasteiger partial charge in [-0.15, -0.1) is 0 Å². The number of esters is 2. The Bertz CT molecular complexity index is 1930. The normalized spacial score (nSPS) is 24.6. The van der Waals surface area contributed by atoms with E-state index in [4.69, 9.17) is 23.7 Å². The number of aliphatic hydroxyl groups is 3. The van der Waals surface area contributed by atoms with Gasteiger partial charge in [-0.3, -0.25) is 24.0 Å². The van der Waals surface area contributed by atoms with Crippen LogP contribution in [0.5, 0.6) is 11.5 Å². The number of hydrogen-bond donors (Lipinski definition) is 5. The van der Waals surface area contributed by atoms with Gasteiger partial charge in [-0.1, -0.05) is 39.0 Å². The molecule has 0 unspecified atom stereocenters. The van der Waals surface area contributed by atoms with Gasteiger partial charge < -0.3 is 49.4 Å². The Balaban J connectivity index is 1.66. The quantitative estimate of drug-likeness (QED) is 0.0708. The number of ketones is 2. The molecular weight excluding hydrogens is 718 g/mol. The fraction of sp³-hybridized carbons (Fsp3) is 0.475. The number of nitrogens with one attached hydrogen (secondary N) is 1. The summed E-state index contributed by atoms with van der Waals surface area (Å²) >= 11 is 0. The number of fused-ring (bicyclic) bond motifs is 3. The molecule has 1 aromatic carbocycles. The average molecular weight is 768 g/mol. The number of phenols is 1. The van der Waals surface area contributed by atoms with E-state index in [0.29, 0.717) is 5.57 Å². The lowest BCUT2D eigenvalue weighted by Gasteiger charge is -2.44. The van der Waals surface area contributed by atoms with Gasteiger partial charge in [-0.2, -0.15) is 0 Å². The molecule has 0 spiro atoms. The van der Waals surface area contributed by atoms with Crippen molar-refractivity contribution >= 4 is 40.7 Å². The molecule has 5 N–H and O–H groups in total. The number of methoxy groups -OCH3 is 1. The number of ether oxygens (including phenoxy) is 5. The second kappa shape index (κ2) is 17.1.